The van der Waals surface area contributed by atoms with Crippen molar-refractivity contribution in [3.05, 3.63) is 258 Å². The summed E-state index contributed by atoms with van der Waals surface area (Å²) in [7, 11) is 0. The average Bonchev–Trinajstić information content (AvgIpc) is 4.16. The number of hydrogen-bond acceptors (Lipinski definition) is 0. The lowest BCUT2D eigenvalue weighted by atomic mass is 9.51. The van der Waals surface area contributed by atoms with E-state index in [2.05, 4.69) is 238 Å². The summed E-state index contributed by atoms with van der Waals surface area (Å²) in [5.74, 6) is 0. The van der Waals surface area contributed by atoms with E-state index in [4.69, 9.17) is 0 Å². The summed E-state index contributed by atoms with van der Waals surface area (Å²) in [5, 5.41) is 13.1. The van der Waals surface area contributed by atoms with Crippen molar-refractivity contribution in [3.63, 3.8) is 0 Å². The topological polar surface area (TPSA) is 14.8 Å². The number of hydrogen-bond donors (Lipinski definition) is 0. The zero-order chi connectivity index (χ0) is 43.3. The minimum Gasteiger partial charge on any atom is -0.309 e. The first kappa shape index (κ1) is 34.7. The molecule has 17 rings (SSSR count). The fourth-order valence-corrected chi connectivity index (χ4v) is 14.5. The van der Waals surface area contributed by atoms with Crippen molar-refractivity contribution in [3.8, 4) is 17.1 Å². The molecule has 308 valence electrons. The smallest absolute Gasteiger partial charge is 0.0649 e. The van der Waals surface area contributed by atoms with E-state index in [-0.39, 0.29) is 0 Å². The summed E-state index contributed by atoms with van der Waals surface area (Å²) < 4.78 is 7.56. The Bertz CT molecular complexity index is 4180. The van der Waals surface area contributed by atoms with Gasteiger partial charge >= 0.3 is 0 Å². The van der Waals surface area contributed by atoms with Crippen molar-refractivity contribution in [1.29, 1.82) is 0 Å². The highest BCUT2D eigenvalue weighted by Crippen LogP contribution is 2.75. The van der Waals surface area contributed by atoms with Gasteiger partial charge in [-0.3, -0.25) is 0 Å². The molecule has 3 aliphatic rings. The molecular weight excluding hydrogens is 811 g/mol. The second kappa shape index (κ2) is 11.8. The second-order valence-corrected chi connectivity index (χ2v) is 19.0. The number of benzene rings is 11. The number of rotatable bonds is 3. The maximum Gasteiger partial charge on any atom is 0.0649 e. The van der Waals surface area contributed by atoms with Crippen LogP contribution < -0.4 is 0 Å². The maximum atomic E-state index is 2.53. The molecule has 0 fully saturated rings. The highest BCUT2D eigenvalue weighted by molar-refractivity contribution is 6.22. The van der Waals surface area contributed by atoms with E-state index >= 15 is 0 Å². The first-order valence-electron chi connectivity index (χ1n) is 23.5. The minimum absolute atomic E-state index is 0.584. The molecule has 0 saturated carbocycles. The molecule has 0 N–H and O–H groups in total. The van der Waals surface area contributed by atoms with Crippen LogP contribution in [0.5, 0.6) is 0 Å². The Morgan fingerprint density at radius 3 is 0.940 bits per heavy atom. The van der Waals surface area contributed by atoms with E-state index in [9.17, 15) is 0 Å². The Kier molecular flexibility index (Phi) is 6.10. The van der Waals surface area contributed by atoms with Crippen LogP contribution in [0, 0.1) is 0 Å². The van der Waals surface area contributed by atoms with E-state index in [1.807, 2.05) is 0 Å². The van der Waals surface area contributed by atoms with Crippen LogP contribution in [0.25, 0.3) is 104 Å². The van der Waals surface area contributed by atoms with Gasteiger partial charge in [0.2, 0.25) is 0 Å². The molecule has 0 spiro atoms. The zero-order valence-corrected chi connectivity index (χ0v) is 36.2. The lowest BCUT2D eigenvalue weighted by molar-refractivity contribution is 0.469. The Labute approximate surface area is 384 Å². The van der Waals surface area contributed by atoms with Crippen molar-refractivity contribution in [2.75, 3.05) is 0 Å². The lowest BCUT2D eigenvalue weighted by Gasteiger charge is -2.48. The highest BCUT2D eigenvalue weighted by atomic mass is 15.0. The fourth-order valence-electron chi connectivity index (χ4n) is 14.5. The van der Waals surface area contributed by atoms with Crippen molar-refractivity contribution < 1.29 is 0 Å². The van der Waals surface area contributed by atoms with Crippen LogP contribution in [0.2, 0.25) is 0 Å². The Morgan fingerprint density at radius 1 is 0.209 bits per heavy atom. The van der Waals surface area contributed by atoms with Crippen LogP contribution in [-0.2, 0) is 10.8 Å². The molecule has 3 heteroatoms. The van der Waals surface area contributed by atoms with Gasteiger partial charge in [-0.05, 0) is 105 Å². The predicted molar refractivity (Wildman–Crippen MR) is 277 cm³/mol. The van der Waals surface area contributed by atoms with Gasteiger partial charge in [0.15, 0.2) is 0 Å². The standard InChI is InChI=1S/C64H37N3/c1-2-16-38(17-3-1)65-57-32-14-26-47-61(57)62-48(27-15-33-58(62)65)64-49-34-36-55(66-51-28-8-4-18-39(51)40-19-5-9-29-52(40)66)43-22-12-24-45(59(43)49)63(47,64)46-25-13-23-44-56(37-35-50(64)60(44)46)67-53-30-10-6-20-41(53)42-21-7-11-31-54(42)67/h1-37H. The van der Waals surface area contributed by atoms with Gasteiger partial charge in [0.1, 0.15) is 0 Å². The number of para-hydroxylation sites is 5. The van der Waals surface area contributed by atoms with Crippen molar-refractivity contribution in [2.45, 2.75) is 10.8 Å². The largest absolute Gasteiger partial charge is 0.309 e. The number of nitrogens with zero attached hydrogens (tertiary/aromatic N) is 3. The van der Waals surface area contributed by atoms with E-state index in [0.29, 0.717) is 0 Å². The predicted octanol–water partition coefficient (Wildman–Crippen LogP) is 15.6. The molecule has 3 nitrogen and oxygen atoms in total. The summed E-state index contributed by atoms with van der Waals surface area (Å²) in [5.41, 5.74) is 18.1. The van der Waals surface area contributed by atoms with Crippen LogP contribution in [0.3, 0.4) is 0 Å². The van der Waals surface area contributed by atoms with Crippen LogP contribution in [0.1, 0.15) is 33.4 Å². The molecule has 3 heterocycles. The van der Waals surface area contributed by atoms with Crippen molar-refractivity contribution >= 4 is 87.0 Å². The molecule has 0 radical (unpaired) electrons. The van der Waals surface area contributed by atoms with Gasteiger partial charge in [0, 0.05) is 48.8 Å². The zero-order valence-electron chi connectivity index (χ0n) is 36.2. The number of fused-ring (bicyclic) bond motifs is 6. The quantitative estimate of drug-likeness (QED) is 0.168. The minimum atomic E-state index is -0.584. The molecule has 0 atom stereocenters. The van der Waals surface area contributed by atoms with Crippen molar-refractivity contribution in [1.82, 2.24) is 13.7 Å². The summed E-state index contributed by atoms with van der Waals surface area (Å²) in [6, 6.07) is 85.4. The number of aromatic nitrogens is 3. The molecule has 0 unspecified atom stereocenters. The molecule has 0 bridgehead atoms. The Balaban J connectivity index is 1.07. The molecule has 14 aromatic rings. The van der Waals surface area contributed by atoms with Crippen LogP contribution in [0.4, 0.5) is 0 Å². The molecule has 11 aromatic carbocycles. The summed E-state index contributed by atoms with van der Waals surface area (Å²) in [4.78, 5) is 0. The summed E-state index contributed by atoms with van der Waals surface area (Å²) in [6.07, 6.45) is 0. The Hall–Kier alpha value is -8.66. The van der Waals surface area contributed by atoms with Gasteiger partial charge in [-0.1, -0.05) is 164 Å². The molecule has 0 aliphatic heterocycles. The van der Waals surface area contributed by atoms with Gasteiger partial charge in [-0.15, -0.1) is 0 Å². The normalized spacial score (nSPS) is 17.7. The summed E-state index contributed by atoms with van der Waals surface area (Å²) in [6.45, 7) is 0. The van der Waals surface area contributed by atoms with E-state index in [1.54, 1.807) is 0 Å². The van der Waals surface area contributed by atoms with Crippen LogP contribution >= 0.6 is 0 Å². The Morgan fingerprint density at radius 2 is 0.522 bits per heavy atom. The van der Waals surface area contributed by atoms with Gasteiger partial charge in [-0.25, -0.2) is 0 Å². The van der Waals surface area contributed by atoms with Gasteiger partial charge in [0.25, 0.3) is 0 Å². The third-order valence-corrected chi connectivity index (χ3v) is 16.5. The van der Waals surface area contributed by atoms with Gasteiger partial charge in [0.05, 0.1) is 55.3 Å². The van der Waals surface area contributed by atoms with Gasteiger partial charge < -0.3 is 13.7 Å². The highest BCUT2D eigenvalue weighted by Gasteiger charge is 2.69. The molecule has 3 aliphatic carbocycles. The third kappa shape index (κ3) is 3.68. The average molecular weight is 848 g/mol. The summed E-state index contributed by atoms with van der Waals surface area (Å²) >= 11 is 0. The molecular formula is C64H37N3. The van der Waals surface area contributed by atoms with Crippen LogP contribution in [0.15, 0.2) is 224 Å². The SMILES string of the molecule is c1ccc(-n2c3cccc4c3c3c(cccc32)C23c5ccc(-n6c7ccccc7c7ccccc76)c6cccc(c56)C42c2cccc4c(-n5c6ccccc6c6ccccc65)ccc3c24)cc1. The maximum absolute atomic E-state index is 2.53. The van der Waals surface area contributed by atoms with E-state index in [0.717, 1.165) is 0 Å². The molecule has 0 saturated heterocycles. The van der Waals surface area contributed by atoms with Gasteiger partial charge in [-0.2, -0.15) is 0 Å². The molecule has 0 amide bonds. The first-order chi connectivity index (χ1) is 33.3. The molecule has 3 aromatic heterocycles. The van der Waals surface area contributed by atoms with E-state index < -0.39 is 10.8 Å². The molecule has 67 heavy (non-hydrogen) atoms. The third-order valence-electron chi connectivity index (χ3n) is 16.5. The van der Waals surface area contributed by atoms with Crippen LogP contribution in [-0.4, -0.2) is 13.7 Å². The lowest BCUT2D eigenvalue weighted by Crippen LogP contribution is -2.47. The second-order valence-electron chi connectivity index (χ2n) is 19.0. The first-order valence-corrected chi connectivity index (χ1v) is 23.5. The van der Waals surface area contributed by atoms with Crippen molar-refractivity contribution in [2.24, 2.45) is 0 Å². The fraction of sp³-hybridized carbons (Fsp3) is 0.0312. The van der Waals surface area contributed by atoms with E-state index in [1.165, 1.54) is 137 Å². The monoisotopic (exact) mass is 847 g/mol.